The van der Waals surface area contributed by atoms with Crippen molar-refractivity contribution in [1.29, 1.82) is 0 Å². The summed E-state index contributed by atoms with van der Waals surface area (Å²) in [4.78, 5) is 41.5. The Morgan fingerprint density at radius 1 is 1.00 bits per heavy atom. The Hall–Kier alpha value is -2.43. The van der Waals surface area contributed by atoms with Gasteiger partial charge in [-0.15, -0.1) is 0 Å². The molecule has 0 radical (unpaired) electrons. The summed E-state index contributed by atoms with van der Waals surface area (Å²) in [5.74, 6) is 0.0140. The number of carbonyl (C=O) groups is 3. The lowest BCUT2D eigenvalue weighted by Crippen LogP contribution is -2.38. The number of rotatable bonds is 2. The van der Waals surface area contributed by atoms with E-state index in [0.717, 1.165) is 25.9 Å². The van der Waals surface area contributed by atoms with Gasteiger partial charge in [-0.3, -0.25) is 19.3 Å². The molecular formula is C22H26N2O3. The number of anilines is 1. The Morgan fingerprint density at radius 3 is 2.30 bits per heavy atom. The molecule has 3 aliphatic rings. The molecule has 2 fully saturated rings. The van der Waals surface area contributed by atoms with Crippen molar-refractivity contribution in [2.75, 3.05) is 18.0 Å². The maximum atomic E-state index is 12.9. The third-order valence-electron chi connectivity index (χ3n) is 6.32. The third-order valence-corrected chi connectivity index (χ3v) is 6.32. The van der Waals surface area contributed by atoms with Crippen LogP contribution in [0.2, 0.25) is 0 Å². The van der Waals surface area contributed by atoms with Crippen molar-refractivity contribution in [3.05, 3.63) is 42.0 Å². The van der Waals surface area contributed by atoms with Crippen LogP contribution < -0.4 is 4.90 Å². The summed E-state index contributed by atoms with van der Waals surface area (Å²) >= 11 is 0. The molecule has 0 saturated carbocycles. The van der Waals surface area contributed by atoms with E-state index < -0.39 is 0 Å². The Kier molecular flexibility index (Phi) is 4.62. The van der Waals surface area contributed by atoms with Crippen molar-refractivity contribution in [3.8, 4) is 0 Å². The van der Waals surface area contributed by atoms with Crippen LogP contribution in [0, 0.1) is 23.7 Å². The lowest BCUT2D eigenvalue weighted by molar-refractivity contribution is -0.122. The van der Waals surface area contributed by atoms with Crippen molar-refractivity contribution in [2.24, 2.45) is 23.7 Å². The Bertz CT molecular complexity index is 790. The van der Waals surface area contributed by atoms with Crippen LogP contribution in [0.3, 0.4) is 0 Å². The molecule has 4 rings (SSSR count). The summed E-state index contributed by atoms with van der Waals surface area (Å²) in [5.41, 5.74) is 1.18. The van der Waals surface area contributed by atoms with Crippen LogP contribution in [0.25, 0.3) is 0 Å². The SMILES string of the molecule is CC1CCN(C(=O)c2ccc(N3C(=O)[C@@H]4[C@H](C)C=CC[C@H]4C3=O)cc2)CC1. The van der Waals surface area contributed by atoms with E-state index in [-0.39, 0.29) is 35.5 Å². The summed E-state index contributed by atoms with van der Waals surface area (Å²) in [7, 11) is 0. The zero-order chi connectivity index (χ0) is 19.1. The molecule has 0 aromatic heterocycles. The van der Waals surface area contributed by atoms with Gasteiger partial charge in [-0.25, -0.2) is 0 Å². The first-order valence-electron chi connectivity index (χ1n) is 9.91. The van der Waals surface area contributed by atoms with Gasteiger partial charge >= 0.3 is 0 Å². The number of hydrogen-bond acceptors (Lipinski definition) is 3. The summed E-state index contributed by atoms with van der Waals surface area (Å²) in [5, 5.41) is 0. The molecule has 142 valence electrons. The largest absolute Gasteiger partial charge is 0.339 e. The molecule has 3 atom stereocenters. The van der Waals surface area contributed by atoms with Gasteiger partial charge in [0.25, 0.3) is 5.91 Å². The van der Waals surface area contributed by atoms with Gasteiger partial charge < -0.3 is 4.90 Å². The maximum Gasteiger partial charge on any atom is 0.253 e. The van der Waals surface area contributed by atoms with Gasteiger partial charge in [0, 0.05) is 18.7 Å². The molecule has 1 aromatic carbocycles. The second-order valence-corrected chi connectivity index (χ2v) is 8.19. The number of carbonyl (C=O) groups excluding carboxylic acids is 3. The first kappa shape index (κ1) is 18.0. The van der Waals surface area contributed by atoms with Crippen molar-refractivity contribution >= 4 is 23.4 Å². The van der Waals surface area contributed by atoms with Crippen molar-refractivity contribution < 1.29 is 14.4 Å². The molecule has 1 aliphatic carbocycles. The molecule has 1 aromatic rings. The fraction of sp³-hybridized carbons (Fsp3) is 0.500. The van der Waals surface area contributed by atoms with Crippen molar-refractivity contribution in [3.63, 3.8) is 0 Å². The Balaban J connectivity index is 1.52. The maximum absolute atomic E-state index is 12.9. The van der Waals surface area contributed by atoms with E-state index in [1.54, 1.807) is 24.3 Å². The second kappa shape index (κ2) is 6.95. The van der Waals surface area contributed by atoms with Gasteiger partial charge in [0.1, 0.15) is 0 Å². The van der Waals surface area contributed by atoms with Gasteiger partial charge in [-0.2, -0.15) is 0 Å². The summed E-state index contributed by atoms with van der Waals surface area (Å²) in [6, 6.07) is 6.93. The van der Waals surface area contributed by atoms with E-state index in [1.165, 1.54) is 4.90 Å². The number of allylic oxidation sites excluding steroid dienone is 2. The molecule has 0 spiro atoms. The smallest absolute Gasteiger partial charge is 0.253 e. The molecule has 0 unspecified atom stereocenters. The van der Waals surface area contributed by atoms with E-state index in [2.05, 4.69) is 6.92 Å². The fourth-order valence-corrected chi connectivity index (χ4v) is 4.55. The van der Waals surface area contributed by atoms with Crippen molar-refractivity contribution in [2.45, 2.75) is 33.1 Å². The monoisotopic (exact) mass is 366 g/mol. The Labute approximate surface area is 160 Å². The van der Waals surface area contributed by atoms with Gasteiger partial charge in [0.2, 0.25) is 11.8 Å². The number of fused-ring (bicyclic) bond motifs is 1. The molecule has 2 saturated heterocycles. The van der Waals surface area contributed by atoms with Crippen LogP contribution in [-0.4, -0.2) is 35.7 Å². The summed E-state index contributed by atoms with van der Waals surface area (Å²) < 4.78 is 0. The normalized spacial score (nSPS) is 28.6. The fourth-order valence-electron chi connectivity index (χ4n) is 4.55. The van der Waals surface area contributed by atoms with Crippen LogP contribution in [0.4, 0.5) is 5.69 Å². The standard InChI is InChI=1S/C22H26N2O3/c1-14-10-12-23(13-11-14)20(25)16-6-8-17(9-7-16)24-21(26)18-5-3-4-15(2)19(18)22(24)27/h3-4,6-9,14-15,18-19H,5,10-13H2,1-2H3/t15-,18-,19-/m1/s1. The number of imide groups is 1. The highest BCUT2D eigenvalue weighted by atomic mass is 16.2. The molecule has 5 heteroatoms. The highest BCUT2D eigenvalue weighted by Crippen LogP contribution is 2.40. The zero-order valence-electron chi connectivity index (χ0n) is 15.9. The second-order valence-electron chi connectivity index (χ2n) is 8.19. The highest BCUT2D eigenvalue weighted by Gasteiger charge is 2.50. The molecular weight excluding hydrogens is 340 g/mol. The molecule has 0 N–H and O–H groups in total. The first-order chi connectivity index (χ1) is 13.0. The number of nitrogens with zero attached hydrogens (tertiary/aromatic N) is 2. The van der Waals surface area contributed by atoms with Crippen LogP contribution in [-0.2, 0) is 9.59 Å². The van der Waals surface area contributed by atoms with E-state index in [1.807, 2.05) is 24.0 Å². The van der Waals surface area contributed by atoms with Crippen LogP contribution in [0.5, 0.6) is 0 Å². The van der Waals surface area contributed by atoms with Gasteiger partial charge in [0.05, 0.1) is 17.5 Å². The van der Waals surface area contributed by atoms with Crippen LogP contribution >= 0.6 is 0 Å². The highest BCUT2D eigenvalue weighted by molar-refractivity contribution is 6.22. The molecule has 2 heterocycles. The number of hydrogen-bond donors (Lipinski definition) is 0. The average molecular weight is 366 g/mol. The zero-order valence-corrected chi connectivity index (χ0v) is 15.9. The lowest BCUT2D eigenvalue weighted by Gasteiger charge is -2.30. The minimum absolute atomic E-state index is 0.0269. The Morgan fingerprint density at radius 2 is 1.67 bits per heavy atom. The lowest BCUT2D eigenvalue weighted by atomic mass is 9.78. The molecule has 2 aliphatic heterocycles. The topological polar surface area (TPSA) is 57.7 Å². The first-order valence-corrected chi connectivity index (χ1v) is 9.91. The minimum Gasteiger partial charge on any atom is -0.339 e. The van der Waals surface area contributed by atoms with Crippen LogP contribution in [0.15, 0.2) is 36.4 Å². The predicted molar refractivity (Wildman–Crippen MR) is 103 cm³/mol. The number of amides is 3. The van der Waals surface area contributed by atoms with Crippen molar-refractivity contribution in [1.82, 2.24) is 4.90 Å². The van der Waals surface area contributed by atoms with Gasteiger partial charge in [-0.1, -0.05) is 26.0 Å². The third kappa shape index (κ3) is 3.09. The summed E-state index contributed by atoms with van der Waals surface area (Å²) in [6.07, 6.45) is 6.73. The van der Waals surface area contributed by atoms with Gasteiger partial charge in [0.15, 0.2) is 0 Å². The number of likely N-dealkylation sites (tertiary alicyclic amines) is 1. The van der Waals surface area contributed by atoms with Gasteiger partial charge in [-0.05, 0) is 55.4 Å². The number of piperidine rings is 1. The van der Waals surface area contributed by atoms with Crippen LogP contribution in [0.1, 0.15) is 43.5 Å². The molecule has 0 bridgehead atoms. The summed E-state index contributed by atoms with van der Waals surface area (Å²) in [6.45, 7) is 5.79. The number of benzene rings is 1. The molecule has 3 amide bonds. The van der Waals surface area contributed by atoms with E-state index >= 15 is 0 Å². The van der Waals surface area contributed by atoms with E-state index in [9.17, 15) is 14.4 Å². The minimum atomic E-state index is -0.265. The van der Waals surface area contributed by atoms with E-state index in [0.29, 0.717) is 23.6 Å². The molecule has 5 nitrogen and oxygen atoms in total. The molecule has 27 heavy (non-hydrogen) atoms. The quantitative estimate of drug-likeness (QED) is 0.596. The predicted octanol–water partition coefficient (Wildman–Crippen LogP) is 3.26. The van der Waals surface area contributed by atoms with E-state index in [4.69, 9.17) is 0 Å². The average Bonchev–Trinajstić information content (AvgIpc) is 2.94.